The van der Waals surface area contributed by atoms with E-state index in [0.717, 1.165) is 16.4 Å². The summed E-state index contributed by atoms with van der Waals surface area (Å²) in [6.45, 7) is 2.58. The first-order valence-electron chi connectivity index (χ1n) is 9.70. The highest BCUT2D eigenvalue weighted by Crippen LogP contribution is 2.29. The second kappa shape index (κ2) is 11.5. The fourth-order valence-corrected chi connectivity index (χ4v) is 3.82. The number of aliphatic carboxylic acids is 1. The van der Waals surface area contributed by atoms with Gasteiger partial charge in [-0.25, -0.2) is 4.79 Å². The van der Waals surface area contributed by atoms with Crippen molar-refractivity contribution in [2.45, 2.75) is 50.9 Å². The number of carbonyl (C=O) groups is 2. The molecule has 0 saturated carbocycles. The molecule has 0 aromatic heterocycles. The molecule has 29 heavy (non-hydrogen) atoms. The van der Waals surface area contributed by atoms with E-state index >= 15 is 0 Å². The summed E-state index contributed by atoms with van der Waals surface area (Å²) >= 11 is 2.12. The number of hydrogen-bond donors (Lipinski definition) is 2. The van der Waals surface area contributed by atoms with E-state index in [4.69, 9.17) is 9.47 Å². The zero-order chi connectivity index (χ0) is 21.4. The van der Waals surface area contributed by atoms with Crippen LogP contribution in [0.2, 0.25) is 0 Å². The van der Waals surface area contributed by atoms with Gasteiger partial charge in [-0.1, -0.05) is 25.5 Å². The van der Waals surface area contributed by atoms with E-state index in [2.05, 4.69) is 22.6 Å². The number of methoxy groups -OCH3 is 1. The number of carbonyl (C=O) groups excluding carboxylic acids is 1. The molecule has 1 aliphatic rings. The number of aliphatic hydroxyl groups excluding tert-OH is 1. The predicted molar refractivity (Wildman–Crippen MR) is 117 cm³/mol. The Kier molecular flexibility index (Phi) is 9.38. The van der Waals surface area contributed by atoms with Crippen LogP contribution in [0.15, 0.2) is 35.9 Å². The maximum Gasteiger partial charge on any atom is 0.331 e. The highest BCUT2D eigenvalue weighted by Gasteiger charge is 2.40. The smallest absolute Gasteiger partial charge is 0.331 e. The highest BCUT2D eigenvalue weighted by atomic mass is 127. The standard InChI is InChI=1S/C21H28INO6/c1-3-4-9-19(24)23(10-11-28-2)16-12-14(21(26)27)13-18(20(16)25)29-17-8-6-5-7-15(17)22/h5-8,13,16,18,20,25H,3-4,9-12H2,1-2H3,(H,26,27)/t16-,18+,20+/m1/s1. The van der Waals surface area contributed by atoms with Gasteiger partial charge >= 0.3 is 5.97 Å². The van der Waals surface area contributed by atoms with Crippen LogP contribution in [0.3, 0.4) is 0 Å². The molecule has 1 aliphatic carbocycles. The van der Waals surface area contributed by atoms with Crippen molar-refractivity contribution in [2.75, 3.05) is 20.3 Å². The maximum absolute atomic E-state index is 12.8. The number of para-hydroxylation sites is 1. The SMILES string of the molecule is CCCCC(=O)N(CCOC)[C@@H]1CC(C(=O)O)=C[C@H](Oc2ccccc2I)[C@H]1O. The van der Waals surface area contributed by atoms with Gasteiger partial charge in [0.05, 0.1) is 16.2 Å². The fourth-order valence-electron chi connectivity index (χ4n) is 3.31. The molecule has 8 heteroatoms. The number of unbranched alkanes of at least 4 members (excludes halogenated alkanes) is 1. The Morgan fingerprint density at radius 2 is 2.03 bits per heavy atom. The van der Waals surface area contributed by atoms with E-state index in [0.29, 0.717) is 18.8 Å². The lowest BCUT2D eigenvalue weighted by Crippen LogP contribution is -2.55. The van der Waals surface area contributed by atoms with Gasteiger partial charge in [0.15, 0.2) is 0 Å². The summed E-state index contributed by atoms with van der Waals surface area (Å²) in [7, 11) is 1.54. The number of carboxylic acids is 1. The van der Waals surface area contributed by atoms with Crippen molar-refractivity contribution in [1.29, 1.82) is 0 Å². The zero-order valence-electron chi connectivity index (χ0n) is 16.7. The van der Waals surface area contributed by atoms with E-state index in [-0.39, 0.29) is 24.4 Å². The first-order chi connectivity index (χ1) is 13.9. The third-order valence-corrected chi connectivity index (χ3v) is 5.79. The molecule has 0 heterocycles. The Labute approximate surface area is 184 Å². The van der Waals surface area contributed by atoms with Gasteiger partial charge in [0.2, 0.25) is 5.91 Å². The van der Waals surface area contributed by atoms with E-state index in [9.17, 15) is 19.8 Å². The number of aliphatic hydroxyl groups is 1. The molecule has 1 aromatic carbocycles. The van der Waals surface area contributed by atoms with Crippen molar-refractivity contribution < 1.29 is 29.3 Å². The molecule has 160 valence electrons. The van der Waals surface area contributed by atoms with Crippen LogP contribution in [0, 0.1) is 3.57 Å². The molecule has 2 N–H and O–H groups in total. The lowest BCUT2D eigenvalue weighted by Gasteiger charge is -2.40. The minimum Gasteiger partial charge on any atom is -0.482 e. The minimum absolute atomic E-state index is 0.0593. The number of halogens is 1. The summed E-state index contributed by atoms with van der Waals surface area (Å²) in [5, 5.41) is 20.6. The fraction of sp³-hybridized carbons (Fsp3) is 0.524. The number of amides is 1. The molecule has 0 fully saturated rings. The van der Waals surface area contributed by atoms with E-state index < -0.39 is 24.2 Å². The molecule has 0 unspecified atom stereocenters. The Balaban J connectivity index is 2.31. The predicted octanol–water partition coefficient (Wildman–Crippen LogP) is 2.85. The Bertz CT molecular complexity index is 738. The number of hydrogen-bond acceptors (Lipinski definition) is 5. The molecule has 1 aromatic rings. The van der Waals surface area contributed by atoms with Crippen molar-refractivity contribution >= 4 is 34.5 Å². The zero-order valence-corrected chi connectivity index (χ0v) is 18.9. The van der Waals surface area contributed by atoms with Crippen LogP contribution in [0.25, 0.3) is 0 Å². The van der Waals surface area contributed by atoms with Gasteiger partial charge in [-0.3, -0.25) is 4.79 Å². The molecule has 0 aliphatic heterocycles. The van der Waals surface area contributed by atoms with E-state index in [1.165, 1.54) is 13.2 Å². The van der Waals surface area contributed by atoms with Crippen LogP contribution in [-0.2, 0) is 14.3 Å². The summed E-state index contributed by atoms with van der Waals surface area (Å²) in [5.41, 5.74) is 0.127. The molecular formula is C21H28INO6. The summed E-state index contributed by atoms with van der Waals surface area (Å²) in [4.78, 5) is 26.1. The van der Waals surface area contributed by atoms with Gasteiger partial charge < -0.3 is 24.6 Å². The van der Waals surface area contributed by atoms with Gasteiger partial charge in [0.25, 0.3) is 0 Å². The molecule has 2 rings (SSSR count). The molecule has 0 radical (unpaired) electrons. The van der Waals surface area contributed by atoms with E-state index in [1.54, 1.807) is 11.0 Å². The van der Waals surface area contributed by atoms with Gasteiger partial charge in [-0.2, -0.15) is 0 Å². The number of carboxylic acid groups (broad SMARTS) is 1. The van der Waals surface area contributed by atoms with Crippen molar-refractivity contribution in [1.82, 2.24) is 4.90 Å². The summed E-state index contributed by atoms with van der Waals surface area (Å²) in [6.07, 6.45) is 1.51. The van der Waals surface area contributed by atoms with Crippen LogP contribution >= 0.6 is 22.6 Å². The first-order valence-corrected chi connectivity index (χ1v) is 10.8. The third-order valence-electron chi connectivity index (χ3n) is 4.90. The van der Waals surface area contributed by atoms with Crippen LogP contribution in [0.4, 0.5) is 0 Å². The number of nitrogens with zero attached hydrogens (tertiary/aromatic N) is 1. The molecular weight excluding hydrogens is 489 g/mol. The highest BCUT2D eigenvalue weighted by molar-refractivity contribution is 14.1. The average molecular weight is 517 g/mol. The molecule has 0 saturated heterocycles. The molecule has 1 amide bonds. The molecule has 3 atom stereocenters. The van der Waals surface area contributed by atoms with Crippen LogP contribution in [0.1, 0.15) is 32.6 Å². The minimum atomic E-state index is -1.08. The van der Waals surface area contributed by atoms with Gasteiger partial charge in [0.1, 0.15) is 18.0 Å². The van der Waals surface area contributed by atoms with Crippen LogP contribution in [-0.4, -0.2) is 65.5 Å². The Morgan fingerprint density at radius 1 is 1.31 bits per heavy atom. The normalized spacial score (nSPS) is 21.4. The molecule has 0 spiro atoms. The van der Waals surface area contributed by atoms with Crippen molar-refractivity contribution in [3.63, 3.8) is 0 Å². The van der Waals surface area contributed by atoms with Crippen molar-refractivity contribution in [3.05, 3.63) is 39.5 Å². The molecule has 0 bridgehead atoms. The number of rotatable bonds is 10. The summed E-state index contributed by atoms with van der Waals surface area (Å²) in [5.74, 6) is -0.641. The number of ether oxygens (including phenoxy) is 2. The largest absolute Gasteiger partial charge is 0.482 e. The average Bonchev–Trinajstić information content (AvgIpc) is 2.70. The number of benzene rings is 1. The maximum atomic E-state index is 12.8. The topological polar surface area (TPSA) is 96.3 Å². The Hall–Kier alpha value is -1.65. The Morgan fingerprint density at radius 3 is 2.66 bits per heavy atom. The summed E-state index contributed by atoms with van der Waals surface area (Å²) < 4.78 is 11.9. The lowest BCUT2D eigenvalue weighted by molar-refractivity contribution is -0.141. The first kappa shape index (κ1) is 23.6. The van der Waals surface area contributed by atoms with Crippen molar-refractivity contribution in [3.8, 4) is 5.75 Å². The second-order valence-electron chi connectivity index (χ2n) is 6.96. The molecule has 7 nitrogen and oxygen atoms in total. The second-order valence-corrected chi connectivity index (χ2v) is 8.12. The monoisotopic (exact) mass is 517 g/mol. The third kappa shape index (κ3) is 6.42. The van der Waals surface area contributed by atoms with Gasteiger partial charge in [-0.05, 0) is 47.2 Å². The lowest BCUT2D eigenvalue weighted by atomic mass is 9.88. The quantitative estimate of drug-likeness (QED) is 0.464. The van der Waals surface area contributed by atoms with Gasteiger partial charge in [0, 0.05) is 32.1 Å². The van der Waals surface area contributed by atoms with Crippen LogP contribution in [0.5, 0.6) is 5.75 Å². The summed E-state index contributed by atoms with van der Waals surface area (Å²) in [6, 6.07) is 6.61. The van der Waals surface area contributed by atoms with Gasteiger partial charge in [-0.15, -0.1) is 0 Å². The van der Waals surface area contributed by atoms with Crippen molar-refractivity contribution in [2.24, 2.45) is 0 Å². The van der Waals surface area contributed by atoms with E-state index in [1.807, 2.05) is 25.1 Å². The van der Waals surface area contributed by atoms with Crippen LogP contribution < -0.4 is 4.74 Å².